The smallest absolute Gasteiger partial charge is 0.277 e. The van der Waals surface area contributed by atoms with Gasteiger partial charge in [-0.2, -0.15) is 0 Å². The first kappa shape index (κ1) is 21.8. The maximum atomic E-state index is 13.0. The standard InChI is InChI=1S/C22H28FN3O4/c1-3-4-14-30-21-18(28)12-13-26-20(21)22(29)25(2)19(24-26)7-5-6-17(27)15-8-10-16(23)11-9-15/h8-13,17,19,24,27H,3-7,14H2,1-2H3. The van der Waals surface area contributed by atoms with Crippen LogP contribution in [0.25, 0.3) is 0 Å². The minimum Gasteiger partial charge on any atom is -0.487 e. The number of unbranched alkanes of at least 4 members (excludes halogenated alkanes) is 1. The first-order valence-electron chi connectivity index (χ1n) is 10.3. The van der Waals surface area contributed by atoms with Gasteiger partial charge in [-0.25, -0.2) is 4.39 Å². The van der Waals surface area contributed by atoms with E-state index in [0.29, 0.717) is 31.4 Å². The van der Waals surface area contributed by atoms with E-state index < -0.39 is 6.10 Å². The van der Waals surface area contributed by atoms with E-state index in [4.69, 9.17) is 4.74 Å². The van der Waals surface area contributed by atoms with Crippen molar-refractivity contribution in [1.29, 1.82) is 0 Å². The highest BCUT2D eigenvalue weighted by Crippen LogP contribution is 2.24. The molecule has 7 nitrogen and oxygen atoms in total. The summed E-state index contributed by atoms with van der Waals surface area (Å²) in [6.07, 6.45) is 3.98. The molecule has 2 aromatic rings. The van der Waals surface area contributed by atoms with Crippen molar-refractivity contribution >= 4 is 5.91 Å². The summed E-state index contributed by atoms with van der Waals surface area (Å²) in [6.45, 7) is 2.40. The number of nitrogens with zero attached hydrogens (tertiary/aromatic N) is 2. The van der Waals surface area contributed by atoms with Gasteiger partial charge in [-0.3, -0.25) is 14.3 Å². The fraction of sp³-hybridized carbons (Fsp3) is 0.455. The van der Waals surface area contributed by atoms with Crippen LogP contribution in [-0.2, 0) is 0 Å². The number of halogens is 1. The van der Waals surface area contributed by atoms with Gasteiger partial charge in [0.1, 0.15) is 12.0 Å². The molecule has 2 atom stereocenters. The number of carbonyl (C=O) groups excluding carboxylic acids is 1. The monoisotopic (exact) mass is 417 g/mol. The normalized spacial score (nSPS) is 16.7. The largest absolute Gasteiger partial charge is 0.487 e. The Bertz CT molecular complexity index is 929. The Balaban J connectivity index is 1.65. The molecule has 0 saturated heterocycles. The van der Waals surface area contributed by atoms with E-state index >= 15 is 0 Å². The summed E-state index contributed by atoms with van der Waals surface area (Å²) < 4.78 is 20.2. The summed E-state index contributed by atoms with van der Waals surface area (Å²) in [5, 5.41) is 10.3. The van der Waals surface area contributed by atoms with Gasteiger partial charge in [0.15, 0.2) is 11.4 Å². The molecule has 0 spiro atoms. The zero-order valence-corrected chi connectivity index (χ0v) is 17.3. The van der Waals surface area contributed by atoms with Gasteiger partial charge in [0.05, 0.1) is 12.7 Å². The molecule has 0 saturated carbocycles. The van der Waals surface area contributed by atoms with Crippen molar-refractivity contribution in [2.45, 2.75) is 51.3 Å². The topological polar surface area (TPSA) is 83.8 Å². The van der Waals surface area contributed by atoms with Crippen molar-refractivity contribution < 1.29 is 19.0 Å². The quantitative estimate of drug-likeness (QED) is 0.613. The van der Waals surface area contributed by atoms with Gasteiger partial charge in [0.25, 0.3) is 5.91 Å². The molecule has 0 fully saturated rings. The number of aliphatic hydroxyl groups excluding tert-OH is 1. The number of amides is 1. The molecule has 0 bridgehead atoms. The van der Waals surface area contributed by atoms with Gasteiger partial charge in [0.2, 0.25) is 5.43 Å². The fourth-order valence-corrected chi connectivity index (χ4v) is 3.45. The lowest BCUT2D eigenvalue weighted by Gasteiger charge is -2.37. The number of aromatic nitrogens is 1. The third-order valence-corrected chi connectivity index (χ3v) is 5.29. The van der Waals surface area contributed by atoms with E-state index in [0.717, 1.165) is 12.8 Å². The maximum Gasteiger partial charge on any atom is 0.277 e. The number of aliphatic hydroxyl groups is 1. The molecule has 1 aromatic carbocycles. The molecule has 2 heterocycles. The van der Waals surface area contributed by atoms with Gasteiger partial charge < -0.3 is 20.2 Å². The number of hydrogen-bond donors (Lipinski definition) is 2. The number of fused-ring (bicyclic) bond motifs is 1. The first-order chi connectivity index (χ1) is 14.4. The lowest BCUT2D eigenvalue weighted by atomic mass is 10.0. The Labute approximate surface area is 175 Å². The zero-order valence-electron chi connectivity index (χ0n) is 17.3. The summed E-state index contributed by atoms with van der Waals surface area (Å²) >= 11 is 0. The highest BCUT2D eigenvalue weighted by Gasteiger charge is 2.32. The third kappa shape index (κ3) is 4.81. The predicted octanol–water partition coefficient (Wildman–Crippen LogP) is 3.03. The fourth-order valence-electron chi connectivity index (χ4n) is 3.45. The van der Waals surface area contributed by atoms with Gasteiger partial charge in [-0.15, -0.1) is 0 Å². The summed E-state index contributed by atoms with van der Waals surface area (Å²) in [5.41, 5.74) is 3.77. The molecular formula is C22H28FN3O4. The molecule has 0 aliphatic carbocycles. The van der Waals surface area contributed by atoms with E-state index in [2.05, 4.69) is 5.43 Å². The Kier molecular flexibility index (Phi) is 7.10. The van der Waals surface area contributed by atoms with Gasteiger partial charge in [-0.05, 0) is 43.4 Å². The summed E-state index contributed by atoms with van der Waals surface area (Å²) in [7, 11) is 1.67. The highest BCUT2D eigenvalue weighted by atomic mass is 19.1. The van der Waals surface area contributed by atoms with Crippen molar-refractivity contribution in [3.05, 3.63) is 63.8 Å². The molecule has 8 heteroatoms. The van der Waals surface area contributed by atoms with E-state index in [1.807, 2.05) is 6.92 Å². The molecule has 1 aliphatic heterocycles. The summed E-state index contributed by atoms with van der Waals surface area (Å²) in [5.74, 6) is -0.560. The van der Waals surface area contributed by atoms with Crippen LogP contribution in [0.4, 0.5) is 4.39 Å². The average molecular weight is 417 g/mol. The number of rotatable bonds is 9. The van der Waals surface area contributed by atoms with Crippen LogP contribution in [0.3, 0.4) is 0 Å². The molecular weight excluding hydrogens is 389 g/mol. The van der Waals surface area contributed by atoms with Gasteiger partial charge >= 0.3 is 0 Å². The zero-order chi connectivity index (χ0) is 21.7. The van der Waals surface area contributed by atoms with Crippen LogP contribution in [0.2, 0.25) is 0 Å². The number of ether oxygens (including phenoxy) is 1. The van der Waals surface area contributed by atoms with E-state index in [1.54, 1.807) is 28.8 Å². The molecule has 0 radical (unpaired) electrons. The molecule has 2 unspecified atom stereocenters. The number of benzene rings is 1. The Hall–Kier alpha value is -2.87. The highest BCUT2D eigenvalue weighted by molar-refractivity contribution is 5.96. The second-order valence-electron chi connectivity index (χ2n) is 7.49. The van der Waals surface area contributed by atoms with E-state index in [1.165, 1.54) is 24.4 Å². The van der Waals surface area contributed by atoms with Crippen LogP contribution >= 0.6 is 0 Å². The summed E-state index contributed by atoms with van der Waals surface area (Å²) in [4.78, 5) is 26.7. The van der Waals surface area contributed by atoms with Crippen LogP contribution in [0.1, 0.15) is 61.2 Å². The molecule has 1 aliphatic rings. The van der Waals surface area contributed by atoms with Crippen LogP contribution in [0.5, 0.6) is 5.75 Å². The van der Waals surface area contributed by atoms with Crippen LogP contribution in [0, 0.1) is 5.82 Å². The Morgan fingerprint density at radius 1 is 1.20 bits per heavy atom. The molecule has 30 heavy (non-hydrogen) atoms. The minimum atomic E-state index is -0.697. The second-order valence-corrected chi connectivity index (χ2v) is 7.49. The Morgan fingerprint density at radius 3 is 2.63 bits per heavy atom. The molecule has 1 amide bonds. The van der Waals surface area contributed by atoms with Crippen molar-refractivity contribution in [3.8, 4) is 5.75 Å². The SMILES string of the molecule is CCCCOc1c2n(ccc1=O)NC(CCCC(O)c1ccc(F)cc1)N(C)C2=O. The van der Waals surface area contributed by atoms with Gasteiger partial charge in [0, 0.05) is 19.3 Å². The van der Waals surface area contributed by atoms with Crippen molar-refractivity contribution in [2.75, 3.05) is 19.1 Å². The van der Waals surface area contributed by atoms with Gasteiger partial charge in [-0.1, -0.05) is 25.5 Å². The average Bonchev–Trinajstić information content (AvgIpc) is 2.73. The van der Waals surface area contributed by atoms with Crippen molar-refractivity contribution in [3.63, 3.8) is 0 Å². The lowest BCUT2D eigenvalue weighted by molar-refractivity contribution is 0.0673. The van der Waals surface area contributed by atoms with Crippen molar-refractivity contribution in [1.82, 2.24) is 9.58 Å². The third-order valence-electron chi connectivity index (χ3n) is 5.29. The second kappa shape index (κ2) is 9.75. The lowest BCUT2D eigenvalue weighted by Crippen LogP contribution is -2.52. The number of hydrogen-bond acceptors (Lipinski definition) is 5. The minimum absolute atomic E-state index is 0.0699. The molecule has 2 N–H and O–H groups in total. The number of pyridine rings is 1. The van der Waals surface area contributed by atoms with E-state index in [-0.39, 0.29) is 34.8 Å². The summed E-state index contributed by atoms with van der Waals surface area (Å²) in [6, 6.07) is 7.17. The number of nitrogens with one attached hydrogen (secondary N) is 1. The maximum absolute atomic E-state index is 13.0. The molecule has 162 valence electrons. The van der Waals surface area contributed by atoms with Crippen LogP contribution in [0.15, 0.2) is 41.3 Å². The van der Waals surface area contributed by atoms with E-state index in [9.17, 15) is 19.1 Å². The first-order valence-corrected chi connectivity index (χ1v) is 10.3. The van der Waals surface area contributed by atoms with Crippen LogP contribution < -0.4 is 15.6 Å². The predicted molar refractivity (Wildman–Crippen MR) is 112 cm³/mol. The molecule has 3 rings (SSSR count). The van der Waals surface area contributed by atoms with Crippen LogP contribution in [-0.4, -0.2) is 40.4 Å². The molecule has 1 aromatic heterocycles. The van der Waals surface area contributed by atoms with Crippen molar-refractivity contribution in [2.24, 2.45) is 0 Å². The Morgan fingerprint density at radius 2 is 1.93 bits per heavy atom. The number of carbonyl (C=O) groups is 1.